The molecule has 1 aromatic carbocycles. The van der Waals surface area contributed by atoms with Crippen molar-refractivity contribution in [2.45, 2.75) is 31.6 Å². The Morgan fingerprint density at radius 3 is 2.46 bits per heavy atom. The van der Waals surface area contributed by atoms with Gasteiger partial charge in [-0.05, 0) is 55.4 Å². The number of hydrogen-bond donors (Lipinski definition) is 2. The molecule has 0 bridgehead atoms. The molecule has 2 aromatic rings. The molecule has 2 N–H and O–H groups in total. The zero-order valence-corrected chi connectivity index (χ0v) is 16.0. The molecule has 0 spiro atoms. The average molecular weight is 392 g/mol. The Balaban J connectivity index is 1.65. The fraction of sp³-hybridized carbons (Fsp3) is 0.400. The van der Waals surface area contributed by atoms with E-state index in [1.807, 2.05) is 36.4 Å². The highest BCUT2D eigenvalue weighted by Crippen LogP contribution is 2.47. The highest BCUT2D eigenvalue weighted by atomic mass is 35.5. The lowest BCUT2D eigenvalue weighted by Crippen LogP contribution is -2.27. The minimum Gasteiger partial charge on any atom is -0.299 e. The number of carbonyl (C=O) groups is 1. The Morgan fingerprint density at radius 2 is 1.81 bits per heavy atom. The third kappa shape index (κ3) is 3.81. The van der Waals surface area contributed by atoms with E-state index in [-0.39, 0.29) is 11.7 Å². The number of Topliss-reactive ketones (excluding diaryl/α,β-unsaturated/α-hetero) is 1. The fourth-order valence-corrected chi connectivity index (χ4v) is 5.30. The van der Waals surface area contributed by atoms with Crippen LogP contribution in [0.3, 0.4) is 0 Å². The molecule has 2 aliphatic rings. The standard InChI is InChI=1S/C20H22ClNO3S/c21-16-3-1-2-15(12-16)19-17(13-4-5-13)6-7-18(22-19)20(23)14-8-10-26(24,25)11-9-14/h1-3,6-7,12-14,24-25H,4-5,8-11H2. The summed E-state index contributed by atoms with van der Waals surface area (Å²) >= 11 is 6.15. The van der Waals surface area contributed by atoms with E-state index < -0.39 is 10.6 Å². The second-order valence-corrected chi connectivity index (χ2v) is 10.1. The first kappa shape index (κ1) is 18.0. The van der Waals surface area contributed by atoms with E-state index in [1.165, 1.54) is 5.56 Å². The maximum atomic E-state index is 12.9. The first-order chi connectivity index (χ1) is 12.4. The van der Waals surface area contributed by atoms with E-state index >= 15 is 0 Å². The van der Waals surface area contributed by atoms with Gasteiger partial charge in [0, 0.05) is 28.0 Å². The van der Waals surface area contributed by atoms with Crippen LogP contribution in [-0.4, -0.2) is 31.4 Å². The van der Waals surface area contributed by atoms with Crippen LogP contribution >= 0.6 is 22.2 Å². The monoisotopic (exact) mass is 391 g/mol. The van der Waals surface area contributed by atoms with Gasteiger partial charge in [-0.2, -0.15) is 10.6 Å². The molecule has 1 saturated heterocycles. The van der Waals surface area contributed by atoms with E-state index in [2.05, 4.69) is 0 Å². The van der Waals surface area contributed by atoms with E-state index in [0.717, 1.165) is 24.1 Å². The molecule has 0 unspecified atom stereocenters. The summed E-state index contributed by atoms with van der Waals surface area (Å²) in [7, 11) is -2.48. The zero-order valence-electron chi connectivity index (χ0n) is 14.4. The molecule has 1 aliphatic heterocycles. The molecular weight excluding hydrogens is 370 g/mol. The van der Waals surface area contributed by atoms with E-state index in [4.69, 9.17) is 16.6 Å². The van der Waals surface area contributed by atoms with Crippen molar-refractivity contribution in [1.29, 1.82) is 0 Å². The van der Waals surface area contributed by atoms with Gasteiger partial charge >= 0.3 is 0 Å². The lowest BCUT2D eigenvalue weighted by atomic mass is 9.94. The first-order valence-corrected chi connectivity index (χ1v) is 11.2. The van der Waals surface area contributed by atoms with Crippen LogP contribution in [0.5, 0.6) is 0 Å². The van der Waals surface area contributed by atoms with Crippen LogP contribution in [0.25, 0.3) is 11.3 Å². The molecule has 0 atom stereocenters. The molecular formula is C20H22ClNO3S. The van der Waals surface area contributed by atoms with Crippen molar-refractivity contribution in [2.24, 2.45) is 5.92 Å². The highest BCUT2D eigenvalue weighted by molar-refractivity contribution is 8.24. The summed E-state index contributed by atoms with van der Waals surface area (Å²) in [6.45, 7) is 0. The molecule has 2 fully saturated rings. The van der Waals surface area contributed by atoms with Gasteiger partial charge < -0.3 is 0 Å². The zero-order chi connectivity index (χ0) is 18.3. The van der Waals surface area contributed by atoms with Crippen molar-refractivity contribution >= 4 is 28.0 Å². The van der Waals surface area contributed by atoms with Crippen molar-refractivity contribution in [3.63, 3.8) is 0 Å². The van der Waals surface area contributed by atoms with Crippen LogP contribution in [0.15, 0.2) is 36.4 Å². The van der Waals surface area contributed by atoms with Gasteiger partial charge in [-0.15, -0.1) is 0 Å². The molecule has 26 heavy (non-hydrogen) atoms. The Kier molecular flexibility index (Phi) is 4.82. The van der Waals surface area contributed by atoms with Gasteiger partial charge in [0.15, 0.2) is 5.78 Å². The second-order valence-electron chi connectivity index (χ2n) is 7.27. The predicted octanol–water partition coefficient (Wildman–Crippen LogP) is 5.62. The van der Waals surface area contributed by atoms with E-state index in [0.29, 0.717) is 41.0 Å². The van der Waals surface area contributed by atoms with Crippen LogP contribution in [0.1, 0.15) is 47.7 Å². The van der Waals surface area contributed by atoms with E-state index in [1.54, 1.807) is 0 Å². The topological polar surface area (TPSA) is 70.4 Å². The molecule has 4 nitrogen and oxygen atoms in total. The summed E-state index contributed by atoms with van der Waals surface area (Å²) in [6.07, 6.45) is 3.34. The minimum absolute atomic E-state index is 0.00512. The van der Waals surface area contributed by atoms with Crippen LogP contribution in [0.4, 0.5) is 0 Å². The average Bonchev–Trinajstić information content (AvgIpc) is 3.46. The number of aromatic nitrogens is 1. The normalized spacial score (nSPS) is 21.3. The second kappa shape index (κ2) is 6.97. The lowest BCUT2D eigenvalue weighted by Gasteiger charge is -2.38. The number of halogens is 1. The number of rotatable bonds is 4. The molecule has 6 heteroatoms. The summed E-state index contributed by atoms with van der Waals surface area (Å²) in [5.41, 5.74) is 3.43. The smallest absolute Gasteiger partial charge is 0.184 e. The number of ketones is 1. The quantitative estimate of drug-likeness (QED) is 0.663. The Labute approximate surface area is 160 Å². The van der Waals surface area contributed by atoms with Crippen LogP contribution in [0, 0.1) is 5.92 Å². The van der Waals surface area contributed by atoms with Gasteiger partial charge in [0.05, 0.1) is 5.69 Å². The molecule has 0 amide bonds. The third-order valence-corrected chi connectivity index (χ3v) is 7.27. The molecule has 1 aromatic heterocycles. The van der Waals surface area contributed by atoms with Gasteiger partial charge in [0.25, 0.3) is 0 Å². The van der Waals surface area contributed by atoms with Crippen LogP contribution in [0.2, 0.25) is 5.02 Å². The third-order valence-electron chi connectivity index (χ3n) is 5.25. The summed E-state index contributed by atoms with van der Waals surface area (Å²) in [5.74, 6) is 0.963. The maximum Gasteiger partial charge on any atom is 0.184 e. The molecule has 4 rings (SSSR count). The largest absolute Gasteiger partial charge is 0.299 e. The van der Waals surface area contributed by atoms with Crippen LogP contribution in [-0.2, 0) is 0 Å². The summed E-state index contributed by atoms with van der Waals surface area (Å²) < 4.78 is 19.5. The molecule has 2 heterocycles. The van der Waals surface area contributed by atoms with Crippen molar-refractivity contribution in [3.05, 3.63) is 52.7 Å². The SMILES string of the molecule is O=C(c1ccc(C2CC2)c(-c2cccc(Cl)c2)n1)C1CCS(O)(O)CC1. The Morgan fingerprint density at radius 1 is 1.08 bits per heavy atom. The van der Waals surface area contributed by atoms with Gasteiger partial charge in [0.2, 0.25) is 0 Å². The predicted molar refractivity (Wildman–Crippen MR) is 106 cm³/mol. The van der Waals surface area contributed by atoms with Gasteiger partial charge in [-0.1, -0.05) is 29.8 Å². The van der Waals surface area contributed by atoms with E-state index in [9.17, 15) is 13.9 Å². The number of nitrogens with zero attached hydrogens (tertiary/aromatic N) is 1. The van der Waals surface area contributed by atoms with Gasteiger partial charge in [0.1, 0.15) is 5.69 Å². The van der Waals surface area contributed by atoms with Crippen molar-refractivity contribution in [3.8, 4) is 11.3 Å². The fourth-order valence-electron chi connectivity index (χ4n) is 3.58. The molecule has 1 aliphatic carbocycles. The van der Waals surface area contributed by atoms with Gasteiger partial charge in [-0.3, -0.25) is 13.9 Å². The highest BCUT2D eigenvalue weighted by Gasteiger charge is 2.32. The van der Waals surface area contributed by atoms with Crippen LogP contribution < -0.4 is 0 Å². The maximum absolute atomic E-state index is 12.9. The molecule has 1 saturated carbocycles. The lowest BCUT2D eigenvalue weighted by molar-refractivity contribution is 0.0906. The number of hydrogen-bond acceptors (Lipinski definition) is 4. The summed E-state index contributed by atoms with van der Waals surface area (Å²) in [5, 5.41) is 0.653. The molecule has 0 radical (unpaired) electrons. The Hall–Kier alpha value is -1.40. The Bertz CT molecular complexity index is 841. The van der Waals surface area contributed by atoms with Crippen molar-refractivity contribution in [2.75, 3.05) is 11.5 Å². The van der Waals surface area contributed by atoms with Crippen molar-refractivity contribution in [1.82, 2.24) is 4.98 Å². The number of carbonyl (C=O) groups excluding carboxylic acids is 1. The van der Waals surface area contributed by atoms with Crippen molar-refractivity contribution < 1.29 is 13.9 Å². The number of pyridine rings is 1. The number of benzene rings is 1. The minimum atomic E-state index is -2.48. The van der Waals surface area contributed by atoms with Gasteiger partial charge in [-0.25, -0.2) is 4.98 Å². The molecule has 138 valence electrons. The summed E-state index contributed by atoms with van der Waals surface area (Å²) in [6, 6.07) is 11.5. The first-order valence-electron chi connectivity index (χ1n) is 8.98. The summed E-state index contributed by atoms with van der Waals surface area (Å²) in [4.78, 5) is 17.6.